The number of ether oxygens (including phenoxy) is 2. The van der Waals surface area contributed by atoms with Crippen molar-refractivity contribution in [3.05, 3.63) is 35.4 Å². The SMILES string of the molecule is CN=C(NCc1ccccc1CN1CC(C)OC(C)C1)N1CC(C)C(C(=O)OC)C1.I. The maximum Gasteiger partial charge on any atom is 0.310 e. The summed E-state index contributed by atoms with van der Waals surface area (Å²) in [6.45, 7) is 11.3. The van der Waals surface area contributed by atoms with E-state index in [-0.39, 0.29) is 54.0 Å². The van der Waals surface area contributed by atoms with Crippen LogP contribution in [0.25, 0.3) is 0 Å². The fourth-order valence-corrected chi connectivity index (χ4v) is 4.64. The maximum absolute atomic E-state index is 12.0. The maximum atomic E-state index is 12.0. The van der Waals surface area contributed by atoms with Gasteiger partial charge in [-0.3, -0.25) is 14.7 Å². The number of methoxy groups -OCH3 is 1. The number of esters is 1. The molecule has 8 heteroatoms. The van der Waals surface area contributed by atoms with Crippen LogP contribution < -0.4 is 5.32 Å². The largest absolute Gasteiger partial charge is 0.469 e. The van der Waals surface area contributed by atoms with E-state index in [9.17, 15) is 4.79 Å². The molecule has 1 N–H and O–H groups in total. The Balaban J connectivity index is 0.00000341. The van der Waals surface area contributed by atoms with Gasteiger partial charge in [-0.2, -0.15) is 0 Å². The number of halogens is 1. The zero-order chi connectivity index (χ0) is 21.7. The minimum atomic E-state index is -0.139. The Morgan fingerprint density at radius 2 is 1.77 bits per heavy atom. The molecule has 31 heavy (non-hydrogen) atoms. The summed E-state index contributed by atoms with van der Waals surface area (Å²) in [4.78, 5) is 21.1. The number of likely N-dealkylation sites (tertiary alicyclic amines) is 1. The van der Waals surface area contributed by atoms with E-state index in [1.807, 2.05) is 0 Å². The highest BCUT2D eigenvalue weighted by atomic mass is 127. The third-order valence-electron chi connectivity index (χ3n) is 6.07. The zero-order valence-electron chi connectivity index (χ0n) is 19.3. The number of morpholine rings is 1. The molecule has 2 fully saturated rings. The second-order valence-corrected chi connectivity index (χ2v) is 8.63. The highest BCUT2D eigenvalue weighted by Gasteiger charge is 2.36. The van der Waals surface area contributed by atoms with Gasteiger partial charge >= 0.3 is 5.97 Å². The van der Waals surface area contributed by atoms with Crippen molar-refractivity contribution in [1.82, 2.24) is 15.1 Å². The third kappa shape index (κ3) is 6.79. The summed E-state index contributed by atoms with van der Waals surface area (Å²) >= 11 is 0. The number of rotatable bonds is 5. The average Bonchev–Trinajstić information content (AvgIpc) is 3.09. The van der Waals surface area contributed by atoms with E-state index in [4.69, 9.17) is 9.47 Å². The predicted octanol–water partition coefficient (Wildman–Crippen LogP) is 2.73. The van der Waals surface area contributed by atoms with E-state index in [0.717, 1.165) is 32.1 Å². The number of guanidine groups is 1. The van der Waals surface area contributed by atoms with Crippen molar-refractivity contribution in [3.63, 3.8) is 0 Å². The Labute approximate surface area is 203 Å². The van der Waals surface area contributed by atoms with Crippen molar-refractivity contribution in [3.8, 4) is 0 Å². The van der Waals surface area contributed by atoms with Crippen LogP contribution in [0.15, 0.2) is 29.3 Å². The molecule has 2 aliphatic heterocycles. The molecule has 174 valence electrons. The fourth-order valence-electron chi connectivity index (χ4n) is 4.64. The first-order chi connectivity index (χ1) is 14.4. The second kappa shape index (κ2) is 12.0. The van der Waals surface area contributed by atoms with Crippen LogP contribution in [-0.2, 0) is 27.4 Å². The molecule has 3 rings (SSSR count). The third-order valence-corrected chi connectivity index (χ3v) is 6.07. The van der Waals surface area contributed by atoms with Gasteiger partial charge in [-0.1, -0.05) is 31.2 Å². The van der Waals surface area contributed by atoms with Gasteiger partial charge in [0.1, 0.15) is 0 Å². The molecule has 2 saturated heterocycles. The number of carbonyl (C=O) groups is 1. The summed E-state index contributed by atoms with van der Waals surface area (Å²) < 4.78 is 10.8. The summed E-state index contributed by atoms with van der Waals surface area (Å²) in [6, 6.07) is 8.56. The summed E-state index contributed by atoms with van der Waals surface area (Å²) in [5, 5.41) is 3.50. The van der Waals surface area contributed by atoms with E-state index < -0.39 is 0 Å². The Hall–Kier alpha value is -1.39. The van der Waals surface area contributed by atoms with Gasteiger partial charge < -0.3 is 19.7 Å². The van der Waals surface area contributed by atoms with Gasteiger partial charge in [0, 0.05) is 46.3 Å². The van der Waals surface area contributed by atoms with Crippen LogP contribution in [0.4, 0.5) is 0 Å². The van der Waals surface area contributed by atoms with E-state index >= 15 is 0 Å². The fraction of sp³-hybridized carbons (Fsp3) is 0.652. The number of aliphatic imine (C=N–C) groups is 1. The van der Waals surface area contributed by atoms with Crippen LogP contribution in [0.2, 0.25) is 0 Å². The van der Waals surface area contributed by atoms with Crippen molar-refractivity contribution in [1.29, 1.82) is 0 Å². The van der Waals surface area contributed by atoms with Crippen LogP contribution >= 0.6 is 24.0 Å². The van der Waals surface area contributed by atoms with Gasteiger partial charge in [-0.05, 0) is 30.9 Å². The monoisotopic (exact) mass is 544 g/mol. The van der Waals surface area contributed by atoms with Gasteiger partial charge in [-0.25, -0.2) is 0 Å². The molecule has 0 spiro atoms. The van der Waals surface area contributed by atoms with Gasteiger partial charge in [0.15, 0.2) is 5.96 Å². The summed E-state index contributed by atoms with van der Waals surface area (Å²) in [5.74, 6) is 0.830. The molecule has 2 heterocycles. The van der Waals surface area contributed by atoms with Gasteiger partial charge in [0.25, 0.3) is 0 Å². The number of nitrogens with one attached hydrogen (secondary N) is 1. The molecule has 0 amide bonds. The minimum absolute atomic E-state index is 0. The number of hydrogen-bond acceptors (Lipinski definition) is 5. The topological polar surface area (TPSA) is 66.4 Å². The zero-order valence-corrected chi connectivity index (χ0v) is 21.7. The van der Waals surface area contributed by atoms with Gasteiger partial charge in [-0.15, -0.1) is 24.0 Å². The van der Waals surface area contributed by atoms with E-state index in [1.54, 1.807) is 7.05 Å². The molecule has 4 atom stereocenters. The van der Waals surface area contributed by atoms with Crippen LogP contribution in [-0.4, -0.2) is 74.3 Å². The Morgan fingerprint density at radius 1 is 1.13 bits per heavy atom. The smallest absolute Gasteiger partial charge is 0.310 e. The lowest BCUT2D eigenvalue weighted by Gasteiger charge is -2.35. The Kier molecular flexibility index (Phi) is 10.0. The van der Waals surface area contributed by atoms with E-state index in [2.05, 4.69) is 65.1 Å². The highest BCUT2D eigenvalue weighted by molar-refractivity contribution is 14.0. The summed E-state index contributed by atoms with van der Waals surface area (Å²) in [5.41, 5.74) is 2.59. The quantitative estimate of drug-likeness (QED) is 0.266. The molecule has 0 aromatic heterocycles. The molecule has 0 radical (unpaired) electrons. The Bertz CT molecular complexity index is 750. The van der Waals surface area contributed by atoms with E-state index in [1.165, 1.54) is 18.2 Å². The molecule has 0 aliphatic carbocycles. The van der Waals surface area contributed by atoms with Crippen LogP contribution in [0, 0.1) is 11.8 Å². The lowest BCUT2D eigenvalue weighted by Crippen LogP contribution is -2.45. The molecular formula is C23H37IN4O3. The molecule has 0 bridgehead atoms. The van der Waals surface area contributed by atoms with Crippen LogP contribution in [0.3, 0.4) is 0 Å². The van der Waals surface area contributed by atoms with Crippen LogP contribution in [0.1, 0.15) is 31.9 Å². The van der Waals surface area contributed by atoms with Crippen molar-refractivity contribution in [2.75, 3.05) is 40.3 Å². The molecule has 0 saturated carbocycles. The molecule has 4 unspecified atom stereocenters. The first-order valence-corrected chi connectivity index (χ1v) is 10.9. The normalized spacial score (nSPS) is 27.0. The summed E-state index contributed by atoms with van der Waals surface area (Å²) in [7, 11) is 3.25. The molecule has 1 aromatic rings. The van der Waals surface area contributed by atoms with Gasteiger partial charge in [0.05, 0.1) is 25.2 Å². The van der Waals surface area contributed by atoms with Crippen molar-refractivity contribution in [2.45, 2.75) is 46.1 Å². The standard InChI is InChI=1S/C23H36N4O3.HI/c1-16-11-27(15-21(16)22(28)29-5)23(24-4)25-10-19-8-6-7-9-20(19)14-26-12-17(2)30-18(3)13-26;/h6-9,16-18,21H,10-15H2,1-5H3,(H,24,25);1H. The highest BCUT2D eigenvalue weighted by Crippen LogP contribution is 2.24. The first-order valence-electron chi connectivity index (χ1n) is 10.9. The molecular weight excluding hydrogens is 507 g/mol. The van der Waals surface area contributed by atoms with Crippen LogP contribution in [0.5, 0.6) is 0 Å². The van der Waals surface area contributed by atoms with Gasteiger partial charge in [0.2, 0.25) is 0 Å². The lowest BCUT2D eigenvalue weighted by atomic mass is 9.99. The molecule has 7 nitrogen and oxygen atoms in total. The molecule has 1 aromatic carbocycles. The number of benzene rings is 1. The number of hydrogen-bond donors (Lipinski definition) is 1. The lowest BCUT2D eigenvalue weighted by molar-refractivity contribution is -0.145. The Morgan fingerprint density at radius 3 is 2.39 bits per heavy atom. The van der Waals surface area contributed by atoms with Crippen molar-refractivity contribution in [2.24, 2.45) is 16.8 Å². The average molecular weight is 544 g/mol. The number of nitrogens with zero attached hydrogens (tertiary/aromatic N) is 3. The predicted molar refractivity (Wildman–Crippen MR) is 134 cm³/mol. The summed E-state index contributed by atoms with van der Waals surface area (Å²) in [6.07, 6.45) is 0.524. The second-order valence-electron chi connectivity index (χ2n) is 8.63. The van der Waals surface area contributed by atoms with E-state index in [0.29, 0.717) is 13.1 Å². The first kappa shape index (κ1) is 25.9. The number of carbonyl (C=O) groups excluding carboxylic acids is 1. The molecule has 2 aliphatic rings. The minimum Gasteiger partial charge on any atom is -0.469 e. The van der Waals surface area contributed by atoms with Crippen molar-refractivity contribution >= 4 is 35.9 Å². The van der Waals surface area contributed by atoms with Crippen molar-refractivity contribution < 1.29 is 14.3 Å².